The molecule has 0 radical (unpaired) electrons. The molecule has 0 bridgehead atoms. The first-order valence-electron chi connectivity index (χ1n) is 5.28. The summed E-state index contributed by atoms with van der Waals surface area (Å²) < 4.78 is 26.7. The number of anilines is 2. The van der Waals surface area contributed by atoms with Crippen LogP contribution in [0, 0.1) is 0 Å². The maximum absolute atomic E-state index is 11.6. The number of nitrogens with two attached hydrogens (primary N) is 1. The number of nitrogen functional groups attached to an aromatic ring is 1. The van der Waals surface area contributed by atoms with Gasteiger partial charge in [0.25, 0.3) is 0 Å². The zero-order valence-electron chi connectivity index (χ0n) is 10.4. The third-order valence-corrected chi connectivity index (χ3v) is 4.69. The molecule has 1 heterocycles. The summed E-state index contributed by atoms with van der Waals surface area (Å²) in [5.41, 5.74) is 7.10. The standard InChI is InChI=1S/C10H13N5O2S2/c1-15(2)19(16,17)14-10-13-12-9(18-10)7-4-3-5-8(11)6-7/h3-6H,11H2,1-2H3,(H,13,14). The van der Waals surface area contributed by atoms with Crippen LogP contribution < -0.4 is 10.5 Å². The molecule has 1 aromatic carbocycles. The Balaban J connectivity index is 2.25. The number of aromatic nitrogens is 2. The van der Waals surface area contributed by atoms with Crippen molar-refractivity contribution in [2.45, 2.75) is 0 Å². The SMILES string of the molecule is CN(C)S(=O)(=O)Nc1nnc(-c2cccc(N)c2)s1. The fourth-order valence-electron chi connectivity index (χ4n) is 1.25. The van der Waals surface area contributed by atoms with Gasteiger partial charge in [0.1, 0.15) is 5.01 Å². The Morgan fingerprint density at radius 1 is 1.32 bits per heavy atom. The van der Waals surface area contributed by atoms with Gasteiger partial charge in [-0.05, 0) is 12.1 Å². The summed E-state index contributed by atoms with van der Waals surface area (Å²) >= 11 is 1.14. The van der Waals surface area contributed by atoms with E-state index < -0.39 is 10.2 Å². The summed E-state index contributed by atoms with van der Waals surface area (Å²) in [5.74, 6) is 0. The van der Waals surface area contributed by atoms with Gasteiger partial charge in [-0.3, -0.25) is 0 Å². The number of nitrogens with zero attached hydrogens (tertiary/aromatic N) is 3. The zero-order valence-corrected chi connectivity index (χ0v) is 12.0. The van der Waals surface area contributed by atoms with Gasteiger partial charge in [-0.25, -0.2) is 4.72 Å². The second kappa shape index (κ2) is 5.11. The molecule has 9 heteroatoms. The molecular weight excluding hydrogens is 286 g/mol. The molecule has 0 aliphatic carbocycles. The first kappa shape index (κ1) is 13.7. The van der Waals surface area contributed by atoms with Crippen LogP contribution in [0.1, 0.15) is 0 Å². The summed E-state index contributed by atoms with van der Waals surface area (Å²) in [4.78, 5) is 0. The molecule has 3 N–H and O–H groups in total. The van der Waals surface area contributed by atoms with Crippen LogP contribution in [0.3, 0.4) is 0 Å². The Morgan fingerprint density at radius 3 is 2.68 bits per heavy atom. The Hall–Kier alpha value is -1.71. The van der Waals surface area contributed by atoms with E-state index in [0.29, 0.717) is 10.7 Å². The van der Waals surface area contributed by atoms with Crippen molar-refractivity contribution in [1.82, 2.24) is 14.5 Å². The topological polar surface area (TPSA) is 101 Å². The Labute approximate surface area is 115 Å². The van der Waals surface area contributed by atoms with Gasteiger partial charge in [0.15, 0.2) is 0 Å². The predicted molar refractivity (Wildman–Crippen MR) is 76.0 cm³/mol. The quantitative estimate of drug-likeness (QED) is 0.820. The van der Waals surface area contributed by atoms with Crippen molar-refractivity contribution in [3.63, 3.8) is 0 Å². The average molecular weight is 299 g/mol. The highest BCUT2D eigenvalue weighted by molar-refractivity contribution is 7.90. The Bertz CT molecular complexity index is 681. The smallest absolute Gasteiger partial charge is 0.302 e. The number of hydrogen-bond donors (Lipinski definition) is 2. The third-order valence-electron chi connectivity index (χ3n) is 2.26. The molecule has 0 fully saturated rings. The molecule has 0 amide bonds. The third kappa shape index (κ3) is 3.19. The highest BCUT2D eigenvalue weighted by Gasteiger charge is 2.16. The van der Waals surface area contributed by atoms with Gasteiger partial charge in [-0.1, -0.05) is 23.5 Å². The number of hydrogen-bond acceptors (Lipinski definition) is 6. The molecule has 0 unspecified atom stereocenters. The second-order valence-electron chi connectivity index (χ2n) is 3.93. The molecule has 0 spiro atoms. The lowest BCUT2D eigenvalue weighted by atomic mass is 10.2. The Morgan fingerprint density at radius 2 is 2.05 bits per heavy atom. The van der Waals surface area contributed by atoms with E-state index in [4.69, 9.17) is 5.73 Å². The van der Waals surface area contributed by atoms with Crippen LogP contribution in [-0.4, -0.2) is 37.0 Å². The molecule has 1 aromatic heterocycles. The molecular formula is C10H13N5O2S2. The number of benzene rings is 1. The van der Waals surface area contributed by atoms with Crippen molar-refractivity contribution in [2.24, 2.45) is 0 Å². The predicted octanol–water partition coefficient (Wildman–Crippen LogP) is 1.01. The lowest BCUT2D eigenvalue weighted by Gasteiger charge is -2.10. The molecule has 19 heavy (non-hydrogen) atoms. The zero-order chi connectivity index (χ0) is 14.0. The lowest BCUT2D eigenvalue weighted by molar-refractivity contribution is 0.526. The van der Waals surface area contributed by atoms with Gasteiger partial charge in [-0.15, -0.1) is 10.2 Å². The summed E-state index contributed by atoms with van der Waals surface area (Å²) in [5, 5.41) is 8.55. The number of rotatable bonds is 4. The van der Waals surface area contributed by atoms with Gasteiger partial charge in [0, 0.05) is 25.3 Å². The van der Waals surface area contributed by atoms with Gasteiger partial charge in [0.05, 0.1) is 0 Å². The first-order chi connectivity index (χ1) is 8.88. The van der Waals surface area contributed by atoms with Crippen molar-refractivity contribution in [1.29, 1.82) is 0 Å². The summed E-state index contributed by atoms with van der Waals surface area (Å²) in [6.07, 6.45) is 0. The van der Waals surface area contributed by atoms with Crippen LogP contribution in [0.25, 0.3) is 10.6 Å². The van der Waals surface area contributed by atoms with Crippen LogP contribution in [0.5, 0.6) is 0 Å². The molecule has 0 aliphatic rings. The molecule has 0 aliphatic heterocycles. The maximum atomic E-state index is 11.6. The summed E-state index contributed by atoms with van der Waals surface area (Å²) in [6, 6.07) is 7.15. The molecule has 2 aromatic rings. The van der Waals surface area contributed by atoms with E-state index in [2.05, 4.69) is 14.9 Å². The molecule has 0 saturated heterocycles. The average Bonchev–Trinajstić information content (AvgIpc) is 2.76. The van der Waals surface area contributed by atoms with Crippen molar-refractivity contribution < 1.29 is 8.42 Å². The lowest BCUT2D eigenvalue weighted by Crippen LogP contribution is -2.28. The van der Waals surface area contributed by atoms with E-state index in [1.165, 1.54) is 14.1 Å². The van der Waals surface area contributed by atoms with Crippen molar-refractivity contribution in [3.8, 4) is 10.6 Å². The van der Waals surface area contributed by atoms with Crippen molar-refractivity contribution in [2.75, 3.05) is 24.6 Å². The van der Waals surface area contributed by atoms with Crippen molar-refractivity contribution in [3.05, 3.63) is 24.3 Å². The minimum atomic E-state index is -3.56. The van der Waals surface area contributed by atoms with E-state index in [1.54, 1.807) is 18.2 Å². The largest absolute Gasteiger partial charge is 0.399 e. The van der Waals surface area contributed by atoms with Gasteiger partial charge in [-0.2, -0.15) is 12.7 Å². The van der Waals surface area contributed by atoms with E-state index in [9.17, 15) is 8.42 Å². The Kier molecular flexibility index (Phi) is 3.69. The first-order valence-corrected chi connectivity index (χ1v) is 7.54. The van der Waals surface area contributed by atoms with Crippen LogP contribution >= 0.6 is 11.3 Å². The summed E-state index contributed by atoms with van der Waals surface area (Å²) in [7, 11) is -0.696. The number of nitrogens with one attached hydrogen (secondary N) is 1. The van der Waals surface area contributed by atoms with Gasteiger partial charge >= 0.3 is 10.2 Å². The van der Waals surface area contributed by atoms with E-state index >= 15 is 0 Å². The van der Waals surface area contributed by atoms with Gasteiger partial charge in [0.2, 0.25) is 5.13 Å². The molecule has 0 saturated carbocycles. The molecule has 7 nitrogen and oxygen atoms in total. The normalized spacial score (nSPS) is 11.7. The fourth-order valence-corrected chi connectivity index (χ4v) is 2.77. The molecule has 2 rings (SSSR count). The van der Waals surface area contributed by atoms with E-state index in [1.807, 2.05) is 6.07 Å². The van der Waals surface area contributed by atoms with Crippen LogP contribution in [-0.2, 0) is 10.2 Å². The fraction of sp³-hybridized carbons (Fsp3) is 0.200. The highest BCUT2D eigenvalue weighted by Crippen LogP contribution is 2.27. The van der Waals surface area contributed by atoms with Crippen LogP contribution in [0.15, 0.2) is 24.3 Å². The van der Waals surface area contributed by atoms with E-state index in [-0.39, 0.29) is 5.13 Å². The molecule has 0 atom stereocenters. The van der Waals surface area contributed by atoms with Gasteiger partial charge < -0.3 is 5.73 Å². The van der Waals surface area contributed by atoms with Crippen molar-refractivity contribution >= 4 is 32.4 Å². The maximum Gasteiger partial charge on any atom is 0.302 e. The van der Waals surface area contributed by atoms with Crippen LogP contribution in [0.2, 0.25) is 0 Å². The minimum Gasteiger partial charge on any atom is -0.399 e. The second-order valence-corrected chi connectivity index (χ2v) is 6.79. The van der Waals surface area contributed by atoms with Crippen LogP contribution in [0.4, 0.5) is 10.8 Å². The highest BCUT2D eigenvalue weighted by atomic mass is 32.2. The monoisotopic (exact) mass is 299 g/mol. The minimum absolute atomic E-state index is 0.214. The molecule has 102 valence electrons. The summed E-state index contributed by atoms with van der Waals surface area (Å²) in [6.45, 7) is 0. The van der Waals surface area contributed by atoms with E-state index in [0.717, 1.165) is 21.2 Å².